The van der Waals surface area contributed by atoms with Gasteiger partial charge in [0.15, 0.2) is 11.6 Å². The van der Waals surface area contributed by atoms with Gasteiger partial charge in [-0.15, -0.1) is 11.3 Å². The first-order valence-corrected chi connectivity index (χ1v) is 17.9. The number of nitrogens with zero attached hydrogens (tertiary/aromatic N) is 4. The van der Waals surface area contributed by atoms with E-state index in [0.29, 0.717) is 17.6 Å². The summed E-state index contributed by atoms with van der Waals surface area (Å²) >= 11 is 1.86. The van der Waals surface area contributed by atoms with Crippen LogP contribution in [0.25, 0.3) is 92.6 Å². The van der Waals surface area contributed by atoms with Crippen LogP contribution < -0.4 is 0 Å². The maximum absolute atomic E-state index is 5.16. The third-order valence-electron chi connectivity index (χ3n) is 9.26. The second-order valence-electron chi connectivity index (χ2n) is 12.0. The highest BCUT2D eigenvalue weighted by atomic mass is 32.1. The molecule has 0 aliphatic carbocycles. The van der Waals surface area contributed by atoms with Crippen LogP contribution in [0.4, 0.5) is 0 Å². The van der Waals surface area contributed by atoms with E-state index < -0.39 is 0 Å². The quantitative estimate of drug-likeness (QED) is 0.189. The summed E-state index contributed by atoms with van der Waals surface area (Å²) in [6, 6.07) is 55.5. The van der Waals surface area contributed by atoms with Crippen LogP contribution in [0.2, 0.25) is 0 Å². The van der Waals surface area contributed by atoms with E-state index in [2.05, 4.69) is 126 Å². The number of aromatic nitrogens is 4. The fourth-order valence-electron chi connectivity index (χ4n) is 7.07. The molecule has 238 valence electrons. The average molecular weight is 661 g/mol. The van der Waals surface area contributed by atoms with Crippen molar-refractivity contribution in [3.63, 3.8) is 0 Å². The van der Waals surface area contributed by atoms with Gasteiger partial charge in [0.25, 0.3) is 0 Å². The molecule has 0 atom stereocenters. The van der Waals surface area contributed by atoms with Crippen molar-refractivity contribution >= 4 is 64.1 Å². The summed E-state index contributed by atoms with van der Waals surface area (Å²) in [5, 5.41) is 7.51. The highest BCUT2D eigenvalue weighted by Crippen LogP contribution is 2.42. The van der Waals surface area contributed by atoms with Crippen LogP contribution >= 0.6 is 11.3 Å². The van der Waals surface area contributed by atoms with Gasteiger partial charge in [0, 0.05) is 47.6 Å². The normalized spacial score (nSPS) is 11.4. The van der Waals surface area contributed by atoms with Gasteiger partial charge < -0.3 is 0 Å². The fraction of sp³-hybridized carbons (Fsp3) is 0.0444. The minimum atomic E-state index is 0.593. The molecule has 0 bridgehead atoms. The second kappa shape index (κ2) is 12.4. The van der Waals surface area contributed by atoms with Crippen molar-refractivity contribution in [2.45, 2.75) is 13.8 Å². The van der Waals surface area contributed by atoms with E-state index in [1.54, 1.807) is 0 Å². The Morgan fingerprint density at radius 3 is 1.84 bits per heavy atom. The summed E-state index contributed by atoms with van der Waals surface area (Å²) in [6.07, 6.45) is 0. The lowest BCUT2D eigenvalue weighted by molar-refractivity contribution is 0.954. The van der Waals surface area contributed by atoms with Crippen LogP contribution in [-0.2, 0) is 0 Å². The Hall–Kier alpha value is -6.17. The molecule has 0 N–H and O–H groups in total. The number of hydrogen-bond donors (Lipinski definition) is 0. The van der Waals surface area contributed by atoms with Crippen molar-refractivity contribution in [3.05, 3.63) is 158 Å². The molecule has 0 unspecified atom stereocenters. The van der Waals surface area contributed by atoms with E-state index >= 15 is 0 Å². The summed E-state index contributed by atoms with van der Waals surface area (Å²) in [5.74, 6) is 1.87. The molecule has 0 fully saturated rings. The Morgan fingerprint density at radius 1 is 0.460 bits per heavy atom. The van der Waals surface area contributed by atoms with Crippen LogP contribution in [-0.4, -0.2) is 19.5 Å². The Balaban J connectivity index is 0.00000165. The van der Waals surface area contributed by atoms with Gasteiger partial charge >= 0.3 is 0 Å². The van der Waals surface area contributed by atoms with Crippen molar-refractivity contribution in [1.29, 1.82) is 0 Å². The lowest BCUT2D eigenvalue weighted by Crippen LogP contribution is -2.06. The molecular weight excluding hydrogens is 629 g/mol. The molecule has 0 radical (unpaired) electrons. The lowest BCUT2D eigenvalue weighted by atomic mass is 9.99. The summed E-state index contributed by atoms with van der Waals surface area (Å²) in [6.45, 7) is 4.00. The SMILES string of the molecule is CC.c1ccc(-c2nc(-c3ccccc3)nc(-n3c4ccccc4c4cccc(-c5ccc6c(c5)sc5ccc7ccccc7c56)c43)n2)cc1. The zero-order chi connectivity index (χ0) is 33.6. The zero-order valence-electron chi connectivity index (χ0n) is 27.7. The lowest BCUT2D eigenvalue weighted by Gasteiger charge is -2.13. The maximum Gasteiger partial charge on any atom is 0.238 e. The molecule has 0 amide bonds. The number of thiophene rings is 1. The predicted octanol–water partition coefficient (Wildman–Crippen LogP) is 12.5. The Labute approximate surface area is 294 Å². The first kappa shape index (κ1) is 29.9. The largest absolute Gasteiger partial charge is 0.277 e. The molecule has 0 saturated carbocycles. The summed E-state index contributed by atoms with van der Waals surface area (Å²) in [7, 11) is 0. The van der Waals surface area contributed by atoms with Gasteiger partial charge in [-0.25, -0.2) is 4.98 Å². The van der Waals surface area contributed by atoms with Gasteiger partial charge in [-0.2, -0.15) is 9.97 Å². The fourth-order valence-corrected chi connectivity index (χ4v) is 8.23. The summed E-state index contributed by atoms with van der Waals surface area (Å²) in [4.78, 5) is 15.3. The Kier molecular flexibility index (Phi) is 7.41. The standard InChI is InChI=1S/C43H26N4S.C2H6/c1-3-13-28(14-4-1)41-44-42(29-15-5-2-6-16-29)46-43(45-41)47-36-21-10-9-18-33(36)34-20-11-19-32(40(34)47)30-22-24-35-38(26-30)48-37-25-23-27-12-7-8-17-31(27)39(35)37;1-2/h1-26H;1-2H3. The van der Waals surface area contributed by atoms with Crippen LogP contribution in [0.5, 0.6) is 0 Å². The van der Waals surface area contributed by atoms with Gasteiger partial charge in [0.05, 0.1) is 11.0 Å². The zero-order valence-corrected chi connectivity index (χ0v) is 28.5. The second-order valence-corrected chi connectivity index (χ2v) is 13.1. The molecule has 10 aromatic rings. The number of para-hydroxylation sites is 2. The molecule has 0 saturated heterocycles. The minimum Gasteiger partial charge on any atom is -0.277 e. The van der Waals surface area contributed by atoms with E-state index in [9.17, 15) is 0 Å². The number of rotatable bonds is 4. The molecule has 3 heterocycles. The van der Waals surface area contributed by atoms with Crippen molar-refractivity contribution in [3.8, 4) is 39.9 Å². The topological polar surface area (TPSA) is 43.6 Å². The van der Waals surface area contributed by atoms with Crippen LogP contribution in [0.3, 0.4) is 0 Å². The first-order chi connectivity index (χ1) is 24.8. The van der Waals surface area contributed by atoms with Gasteiger partial charge in [0.1, 0.15) is 0 Å². The third kappa shape index (κ3) is 4.86. The van der Waals surface area contributed by atoms with Gasteiger partial charge in [-0.05, 0) is 34.5 Å². The van der Waals surface area contributed by atoms with E-state index in [4.69, 9.17) is 15.0 Å². The van der Waals surface area contributed by atoms with E-state index in [1.807, 2.05) is 61.6 Å². The van der Waals surface area contributed by atoms with E-state index in [0.717, 1.165) is 44.1 Å². The number of hydrogen-bond acceptors (Lipinski definition) is 4. The minimum absolute atomic E-state index is 0.593. The molecule has 0 aliphatic rings. The van der Waals surface area contributed by atoms with Crippen molar-refractivity contribution in [1.82, 2.24) is 19.5 Å². The molecule has 3 aromatic heterocycles. The molecular formula is C45H32N4S. The molecule has 7 aromatic carbocycles. The molecule has 10 rings (SSSR count). The first-order valence-electron chi connectivity index (χ1n) is 17.0. The van der Waals surface area contributed by atoms with E-state index in [1.165, 1.54) is 30.9 Å². The van der Waals surface area contributed by atoms with E-state index in [-0.39, 0.29) is 0 Å². The third-order valence-corrected chi connectivity index (χ3v) is 10.4. The Bertz CT molecular complexity index is 2780. The number of benzene rings is 7. The van der Waals surface area contributed by atoms with Gasteiger partial charge in [-0.3, -0.25) is 4.57 Å². The van der Waals surface area contributed by atoms with Gasteiger partial charge in [-0.1, -0.05) is 153 Å². The average Bonchev–Trinajstić information content (AvgIpc) is 3.75. The van der Waals surface area contributed by atoms with Crippen molar-refractivity contribution in [2.75, 3.05) is 0 Å². The van der Waals surface area contributed by atoms with Crippen LogP contribution in [0.15, 0.2) is 158 Å². The van der Waals surface area contributed by atoms with Crippen LogP contribution in [0, 0.1) is 0 Å². The molecule has 0 aliphatic heterocycles. The predicted molar refractivity (Wildman–Crippen MR) is 212 cm³/mol. The monoisotopic (exact) mass is 660 g/mol. The number of fused-ring (bicyclic) bond motifs is 8. The van der Waals surface area contributed by atoms with Crippen molar-refractivity contribution in [2.24, 2.45) is 0 Å². The van der Waals surface area contributed by atoms with Crippen LogP contribution in [0.1, 0.15) is 13.8 Å². The highest BCUT2D eigenvalue weighted by Gasteiger charge is 2.21. The highest BCUT2D eigenvalue weighted by molar-refractivity contribution is 7.26. The molecule has 4 nitrogen and oxygen atoms in total. The molecule has 0 spiro atoms. The smallest absolute Gasteiger partial charge is 0.238 e. The summed E-state index contributed by atoms with van der Waals surface area (Å²) < 4.78 is 4.81. The molecule has 50 heavy (non-hydrogen) atoms. The Morgan fingerprint density at radius 2 is 1.10 bits per heavy atom. The molecule has 5 heteroatoms. The maximum atomic E-state index is 5.16. The van der Waals surface area contributed by atoms with Gasteiger partial charge in [0.2, 0.25) is 5.95 Å². The van der Waals surface area contributed by atoms with Crippen molar-refractivity contribution < 1.29 is 0 Å². The summed E-state index contributed by atoms with van der Waals surface area (Å²) in [5.41, 5.74) is 6.32.